The second-order valence-electron chi connectivity index (χ2n) is 7.84. The maximum atomic E-state index is 12.7. The molecule has 2 rings (SSSR count). The van der Waals surface area contributed by atoms with Crippen LogP contribution in [0.1, 0.15) is 49.7 Å². The minimum Gasteiger partial charge on any atom is -0.451 e. The molecule has 10 heteroatoms. The molecule has 0 aliphatic heterocycles. The number of nitrogens with zero attached hydrogens (tertiary/aromatic N) is 1. The zero-order valence-electron chi connectivity index (χ0n) is 18.7. The van der Waals surface area contributed by atoms with Crippen molar-refractivity contribution in [2.24, 2.45) is 5.92 Å². The molecule has 0 fully saturated rings. The van der Waals surface area contributed by atoms with E-state index in [-0.39, 0.29) is 28.2 Å². The SMILES string of the molecule is CC(OC(=O)C(NC(=O)c1ccc([N+](=O)[O-])cc1Cl)C(C)C)C(=O)NC(C)c1ccccc1. The van der Waals surface area contributed by atoms with Gasteiger partial charge < -0.3 is 15.4 Å². The summed E-state index contributed by atoms with van der Waals surface area (Å²) in [6.07, 6.45) is -1.09. The molecular formula is C23H26ClN3O6. The zero-order valence-corrected chi connectivity index (χ0v) is 19.5. The Hall–Kier alpha value is -3.46. The fraction of sp³-hybridized carbons (Fsp3) is 0.348. The summed E-state index contributed by atoms with van der Waals surface area (Å²) < 4.78 is 5.30. The standard InChI is InChI=1S/C23H26ClN3O6/c1-13(2)20(26-22(29)18-11-10-17(27(31)32)12-19(18)24)23(30)33-15(4)21(28)25-14(3)16-8-6-5-7-9-16/h5-15,20H,1-4H3,(H,25,28)(H,26,29). The highest BCUT2D eigenvalue weighted by atomic mass is 35.5. The topological polar surface area (TPSA) is 128 Å². The van der Waals surface area contributed by atoms with E-state index in [4.69, 9.17) is 16.3 Å². The van der Waals surface area contributed by atoms with E-state index < -0.39 is 34.9 Å². The fourth-order valence-electron chi connectivity index (χ4n) is 2.98. The average Bonchev–Trinajstić information content (AvgIpc) is 2.77. The molecule has 0 bridgehead atoms. The molecule has 0 spiro atoms. The number of nitro groups is 1. The highest BCUT2D eigenvalue weighted by Gasteiger charge is 2.30. The van der Waals surface area contributed by atoms with Gasteiger partial charge in [-0.2, -0.15) is 0 Å². The van der Waals surface area contributed by atoms with Crippen LogP contribution < -0.4 is 10.6 Å². The van der Waals surface area contributed by atoms with Crippen LogP contribution in [0.3, 0.4) is 0 Å². The van der Waals surface area contributed by atoms with Gasteiger partial charge in [-0.05, 0) is 31.4 Å². The lowest BCUT2D eigenvalue weighted by Crippen LogP contribution is -2.48. The van der Waals surface area contributed by atoms with Crippen molar-refractivity contribution in [1.29, 1.82) is 0 Å². The second-order valence-corrected chi connectivity index (χ2v) is 8.24. The number of carbonyl (C=O) groups excluding carboxylic acids is 3. The molecule has 0 aliphatic carbocycles. The Morgan fingerprint density at radius 1 is 1.00 bits per heavy atom. The highest BCUT2D eigenvalue weighted by Crippen LogP contribution is 2.23. The predicted octanol–water partition coefficient (Wildman–Crippen LogP) is 3.81. The Morgan fingerprint density at radius 2 is 1.64 bits per heavy atom. The van der Waals surface area contributed by atoms with Crippen LogP contribution in [0.2, 0.25) is 5.02 Å². The molecule has 0 aromatic heterocycles. The Labute approximate surface area is 196 Å². The Bertz CT molecular complexity index is 1030. The van der Waals surface area contributed by atoms with Gasteiger partial charge in [0, 0.05) is 12.1 Å². The van der Waals surface area contributed by atoms with Crippen LogP contribution >= 0.6 is 11.6 Å². The maximum Gasteiger partial charge on any atom is 0.329 e. The van der Waals surface area contributed by atoms with E-state index in [1.54, 1.807) is 13.8 Å². The van der Waals surface area contributed by atoms with Crippen LogP contribution in [-0.2, 0) is 14.3 Å². The van der Waals surface area contributed by atoms with E-state index in [2.05, 4.69) is 10.6 Å². The lowest BCUT2D eigenvalue weighted by atomic mass is 10.0. The molecule has 2 aromatic rings. The number of halogens is 1. The summed E-state index contributed by atoms with van der Waals surface area (Å²) in [5, 5.41) is 16.0. The summed E-state index contributed by atoms with van der Waals surface area (Å²) in [5.74, 6) is -2.32. The van der Waals surface area contributed by atoms with Gasteiger partial charge in [0.1, 0.15) is 6.04 Å². The summed E-state index contributed by atoms with van der Waals surface area (Å²) in [4.78, 5) is 48.0. The number of hydrogen-bond donors (Lipinski definition) is 2. The van der Waals surface area contributed by atoms with Gasteiger partial charge in [-0.25, -0.2) is 4.79 Å². The van der Waals surface area contributed by atoms with Gasteiger partial charge in [-0.1, -0.05) is 55.8 Å². The van der Waals surface area contributed by atoms with Gasteiger partial charge >= 0.3 is 5.97 Å². The van der Waals surface area contributed by atoms with E-state index in [9.17, 15) is 24.5 Å². The zero-order chi connectivity index (χ0) is 24.7. The van der Waals surface area contributed by atoms with Crippen LogP contribution in [0.25, 0.3) is 0 Å². The number of hydrogen-bond acceptors (Lipinski definition) is 6. The fourth-order valence-corrected chi connectivity index (χ4v) is 3.24. The van der Waals surface area contributed by atoms with Gasteiger partial charge in [-0.3, -0.25) is 19.7 Å². The van der Waals surface area contributed by atoms with Crippen LogP contribution in [0, 0.1) is 16.0 Å². The highest BCUT2D eigenvalue weighted by molar-refractivity contribution is 6.34. The van der Waals surface area contributed by atoms with Gasteiger partial charge in [0.2, 0.25) is 0 Å². The third-order valence-electron chi connectivity index (χ3n) is 4.94. The average molecular weight is 476 g/mol. The van der Waals surface area contributed by atoms with Crippen molar-refractivity contribution < 1.29 is 24.0 Å². The molecule has 2 aromatic carbocycles. The molecule has 3 unspecified atom stereocenters. The Balaban J connectivity index is 2.03. The quantitative estimate of drug-likeness (QED) is 0.322. The third-order valence-corrected chi connectivity index (χ3v) is 5.25. The summed E-state index contributed by atoms with van der Waals surface area (Å²) in [5.41, 5.74) is 0.612. The molecule has 9 nitrogen and oxygen atoms in total. The molecule has 0 heterocycles. The number of non-ortho nitro benzene ring substituents is 1. The van der Waals surface area contributed by atoms with Gasteiger partial charge in [0.15, 0.2) is 6.10 Å². The lowest BCUT2D eigenvalue weighted by molar-refractivity contribution is -0.384. The van der Waals surface area contributed by atoms with Crippen LogP contribution in [0.15, 0.2) is 48.5 Å². The lowest BCUT2D eigenvalue weighted by Gasteiger charge is -2.24. The van der Waals surface area contributed by atoms with Gasteiger partial charge in [0.25, 0.3) is 17.5 Å². The van der Waals surface area contributed by atoms with Crippen molar-refractivity contribution >= 4 is 35.1 Å². The first kappa shape index (κ1) is 25.8. The van der Waals surface area contributed by atoms with E-state index >= 15 is 0 Å². The largest absolute Gasteiger partial charge is 0.451 e. The molecule has 2 N–H and O–H groups in total. The van der Waals surface area contributed by atoms with Crippen molar-refractivity contribution in [3.63, 3.8) is 0 Å². The Kier molecular flexibility index (Phi) is 8.93. The third kappa shape index (κ3) is 7.01. The van der Waals surface area contributed by atoms with Crippen molar-refractivity contribution in [2.45, 2.75) is 45.9 Å². The van der Waals surface area contributed by atoms with Crippen LogP contribution in [0.4, 0.5) is 5.69 Å². The molecule has 33 heavy (non-hydrogen) atoms. The van der Waals surface area contributed by atoms with E-state index in [0.717, 1.165) is 17.7 Å². The van der Waals surface area contributed by atoms with E-state index in [0.29, 0.717) is 0 Å². The monoisotopic (exact) mass is 475 g/mol. The molecule has 0 aliphatic rings. The maximum absolute atomic E-state index is 12.7. The van der Waals surface area contributed by atoms with E-state index in [1.807, 2.05) is 37.3 Å². The molecule has 0 radical (unpaired) electrons. The smallest absolute Gasteiger partial charge is 0.329 e. The Morgan fingerprint density at radius 3 is 2.18 bits per heavy atom. The van der Waals surface area contributed by atoms with E-state index in [1.165, 1.54) is 13.0 Å². The molecular weight excluding hydrogens is 450 g/mol. The number of nitrogens with one attached hydrogen (secondary N) is 2. The summed E-state index contributed by atoms with van der Waals surface area (Å²) >= 11 is 6.00. The summed E-state index contributed by atoms with van der Waals surface area (Å²) in [7, 11) is 0. The number of amides is 2. The number of esters is 1. The first-order valence-corrected chi connectivity index (χ1v) is 10.7. The first-order chi connectivity index (χ1) is 15.5. The first-order valence-electron chi connectivity index (χ1n) is 10.3. The van der Waals surface area contributed by atoms with Crippen molar-refractivity contribution in [3.05, 3.63) is 74.8 Å². The molecule has 0 saturated heterocycles. The molecule has 3 atom stereocenters. The number of nitro benzene ring substituents is 1. The molecule has 0 saturated carbocycles. The predicted molar refractivity (Wildman–Crippen MR) is 123 cm³/mol. The van der Waals surface area contributed by atoms with Crippen LogP contribution in [-0.4, -0.2) is 34.9 Å². The van der Waals surface area contributed by atoms with Crippen LogP contribution in [0.5, 0.6) is 0 Å². The van der Waals surface area contributed by atoms with Crippen molar-refractivity contribution in [2.75, 3.05) is 0 Å². The number of carbonyl (C=O) groups is 3. The van der Waals surface area contributed by atoms with Crippen molar-refractivity contribution in [3.8, 4) is 0 Å². The minimum atomic E-state index is -1.09. The van der Waals surface area contributed by atoms with Crippen molar-refractivity contribution in [1.82, 2.24) is 10.6 Å². The number of rotatable bonds is 9. The summed E-state index contributed by atoms with van der Waals surface area (Å²) in [6, 6.07) is 11.4. The number of benzene rings is 2. The molecule has 2 amide bonds. The minimum absolute atomic E-state index is 0.0248. The van der Waals surface area contributed by atoms with Gasteiger partial charge in [0.05, 0.1) is 21.6 Å². The number of ether oxygens (including phenoxy) is 1. The normalized spacial score (nSPS) is 13.5. The molecule has 176 valence electrons. The summed E-state index contributed by atoms with van der Waals surface area (Å²) in [6.45, 7) is 6.65. The van der Waals surface area contributed by atoms with Gasteiger partial charge in [-0.15, -0.1) is 0 Å². The second kappa shape index (κ2) is 11.4.